The lowest BCUT2D eigenvalue weighted by Crippen LogP contribution is -2.38. The number of carboxylic acids is 1. The SMILES string of the molecule is COc1ccc(C(=O)O)cc1S(=O)(=O)Nc1cc(C(F)(F)F)ccc1N1CCC[C@@H](O)C1. The summed E-state index contributed by atoms with van der Waals surface area (Å²) in [5.41, 5.74) is -1.59. The van der Waals surface area contributed by atoms with E-state index in [0.29, 0.717) is 25.5 Å². The van der Waals surface area contributed by atoms with Crippen molar-refractivity contribution in [2.45, 2.75) is 30.0 Å². The van der Waals surface area contributed by atoms with Crippen LogP contribution in [0.15, 0.2) is 41.3 Å². The Morgan fingerprint density at radius 2 is 1.94 bits per heavy atom. The smallest absolute Gasteiger partial charge is 0.416 e. The third kappa shape index (κ3) is 5.07. The number of alkyl halides is 3. The van der Waals surface area contributed by atoms with E-state index in [4.69, 9.17) is 4.74 Å². The molecule has 12 heteroatoms. The van der Waals surface area contributed by atoms with E-state index in [2.05, 4.69) is 4.72 Å². The number of nitrogens with one attached hydrogen (secondary N) is 1. The van der Waals surface area contributed by atoms with E-state index >= 15 is 0 Å². The Kier molecular flexibility index (Phi) is 6.56. The minimum atomic E-state index is -4.72. The standard InChI is InChI=1S/C20H21F3N2O6S/c1-31-17-7-4-12(19(27)28)9-18(17)32(29,30)24-15-10-13(20(21,22)23)5-6-16(15)25-8-2-3-14(26)11-25/h4-7,9-10,14,24,26H,2-3,8,11H2,1H3,(H,27,28)/t14-/m1/s1. The summed E-state index contributed by atoms with van der Waals surface area (Å²) in [6.45, 7) is 0.535. The first-order valence-corrected chi connectivity index (χ1v) is 11.0. The number of carbonyl (C=O) groups is 1. The number of carboxylic acid groups (broad SMARTS) is 1. The van der Waals surface area contributed by atoms with Crippen LogP contribution in [0.5, 0.6) is 5.75 Å². The minimum absolute atomic E-state index is 0.123. The lowest BCUT2D eigenvalue weighted by atomic mass is 10.1. The maximum Gasteiger partial charge on any atom is 0.416 e. The molecule has 1 aliphatic rings. The number of hydrogen-bond donors (Lipinski definition) is 3. The van der Waals surface area contributed by atoms with Gasteiger partial charge in [-0.15, -0.1) is 0 Å². The van der Waals surface area contributed by atoms with E-state index in [1.54, 1.807) is 4.90 Å². The van der Waals surface area contributed by atoms with Gasteiger partial charge in [-0.05, 0) is 49.2 Å². The molecule has 0 unspecified atom stereocenters. The van der Waals surface area contributed by atoms with Gasteiger partial charge in [-0.1, -0.05) is 0 Å². The summed E-state index contributed by atoms with van der Waals surface area (Å²) in [7, 11) is -3.36. The molecule has 0 radical (unpaired) electrons. The summed E-state index contributed by atoms with van der Waals surface area (Å²) in [4.78, 5) is 12.3. The predicted octanol–water partition coefficient (Wildman–Crippen LogP) is 3.17. The van der Waals surface area contributed by atoms with Crippen LogP contribution in [0.4, 0.5) is 24.5 Å². The zero-order valence-corrected chi connectivity index (χ0v) is 17.7. The third-order valence-corrected chi connectivity index (χ3v) is 6.39. The van der Waals surface area contributed by atoms with Gasteiger partial charge in [-0.25, -0.2) is 13.2 Å². The van der Waals surface area contributed by atoms with Crippen LogP contribution in [0, 0.1) is 0 Å². The number of β-amino-alcohol motifs (C(OH)–C–C–N with tert-alkyl or cyclic N) is 1. The fraction of sp³-hybridized carbons (Fsp3) is 0.350. The third-order valence-electron chi connectivity index (χ3n) is 5.01. The molecule has 0 bridgehead atoms. The highest BCUT2D eigenvalue weighted by atomic mass is 32.2. The highest BCUT2D eigenvalue weighted by molar-refractivity contribution is 7.92. The number of anilines is 2. The Balaban J connectivity index is 2.10. The molecule has 3 N–H and O–H groups in total. The Hall–Kier alpha value is -2.99. The molecular formula is C20H21F3N2O6S. The summed E-state index contributed by atoms with van der Waals surface area (Å²) < 4.78 is 73.2. The number of hydrogen-bond acceptors (Lipinski definition) is 6. The molecule has 1 atom stereocenters. The van der Waals surface area contributed by atoms with E-state index < -0.39 is 38.7 Å². The highest BCUT2D eigenvalue weighted by Gasteiger charge is 2.33. The lowest BCUT2D eigenvalue weighted by Gasteiger charge is -2.33. The number of piperidine rings is 1. The maximum absolute atomic E-state index is 13.3. The summed E-state index contributed by atoms with van der Waals surface area (Å²) in [6, 6.07) is 5.79. The highest BCUT2D eigenvalue weighted by Crippen LogP contribution is 2.38. The Labute approximate surface area is 182 Å². The number of sulfonamides is 1. The van der Waals surface area contributed by atoms with Gasteiger partial charge in [0.1, 0.15) is 10.6 Å². The molecule has 0 spiro atoms. The molecule has 8 nitrogen and oxygen atoms in total. The van der Waals surface area contributed by atoms with Gasteiger partial charge in [-0.3, -0.25) is 4.72 Å². The van der Waals surface area contributed by atoms with Gasteiger partial charge in [0.25, 0.3) is 10.0 Å². The first-order valence-electron chi connectivity index (χ1n) is 9.51. The van der Waals surface area contributed by atoms with Crippen LogP contribution in [-0.2, 0) is 16.2 Å². The molecule has 32 heavy (non-hydrogen) atoms. The average Bonchev–Trinajstić information content (AvgIpc) is 2.72. The molecule has 0 amide bonds. The van der Waals surface area contributed by atoms with Crippen molar-refractivity contribution in [2.24, 2.45) is 0 Å². The first-order chi connectivity index (χ1) is 14.9. The van der Waals surface area contributed by atoms with Crippen LogP contribution in [0.1, 0.15) is 28.8 Å². The second-order valence-corrected chi connectivity index (χ2v) is 8.90. The fourth-order valence-corrected chi connectivity index (χ4v) is 4.72. The van der Waals surface area contributed by atoms with E-state index in [-0.39, 0.29) is 29.2 Å². The van der Waals surface area contributed by atoms with Crippen LogP contribution in [-0.4, -0.2) is 50.9 Å². The van der Waals surface area contributed by atoms with Crippen molar-refractivity contribution < 1.29 is 41.3 Å². The number of aliphatic hydroxyl groups is 1. The molecule has 2 aromatic rings. The lowest BCUT2D eigenvalue weighted by molar-refractivity contribution is -0.137. The second kappa shape index (κ2) is 8.87. The van der Waals surface area contributed by atoms with Crippen molar-refractivity contribution in [1.29, 1.82) is 0 Å². The Morgan fingerprint density at radius 1 is 1.22 bits per heavy atom. The van der Waals surface area contributed by atoms with Crippen LogP contribution in [0.25, 0.3) is 0 Å². The van der Waals surface area contributed by atoms with Gasteiger partial charge in [-0.2, -0.15) is 13.2 Å². The van der Waals surface area contributed by atoms with E-state index in [0.717, 1.165) is 30.3 Å². The zero-order valence-electron chi connectivity index (χ0n) is 16.9. The van der Waals surface area contributed by atoms with Crippen molar-refractivity contribution in [1.82, 2.24) is 0 Å². The van der Waals surface area contributed by atoms with Gasteiger partial charge in [0.05, 0.1) is 35.7 Å². The second-order valence-electron chi connectivity index (χ2n) is 7.25. The van der Waals surface area contributed by atoms with Gasteiger partial charge in [0, 0.05) is 13.1 Å². The van der Waals surface area contributed by atoms with Crippen LogP contribution in [0.2, 0.25) is 0 Å². The average molecular weight is 474 g/mol. The normalized spacial score (nSPS) is 17.2. The van der Waals surface area contributed by atoms with Crippen molar-refractivity contribution in [3.8, 4) is 5.75 Å². The topological polar surface area (TPSA) is 116 Å². The number of ether oxygens (including phenoxy) is 1. The van der Waals surface area contributed by atoms with Gasteiger partial charge < -0.3 is 19.8 Å². The molecule has 3 rings (SSSR count). The Bertz CT molecular complexity index is 1120. The van der Waals surface area contributed by atoms with Gasteiger partial charge in [0.2, 0.25) is 0 Å². The molecule has 2 aromatic carbocycles. The van der Waals surface area contributed by atoms with Crippen molar-refractivity contribution in [3.05, 3.63) is 47.5 Å². The number of benzene rings is 2. The van der Waals surface area contributed by atoms with E-state index in [9.17, 15) is 36.6 Å². The molecule has 1 saturated heterocycles. The largest absolute Gasteiger partial charge is 0.495 e. The summed E-state index contributed by atoms with van der Waals surface area (Å²) in [6.07, 6.45) is -4.33. The molecule has 1 aliphatic heterocycles. The fourth-order valence-electron chi connectivity index (χ4n) is 3.46. The van der Waals surface area contributed by atoms with Crippen LogP contribution >= 0.6 is 0 Å². The van der Waals surface area contributed by atoms with E-state index in [1.807, 2.05) is 0 Å². The molecule has 1 fully saturated rings. The van der Waals surface area contributed by atoms with Crippen LogP contribution < -0.4 is 14.4 Å². The molecule has 0 aliphatic carbocycles. The molecule has 0 aromatic heterocycles. The van der Waals surface area contributed by atoms with Crippen molar-refractivity contribution >= 4 is 27.4 Å². The predicted molar refractivity (Wildman–Crippen MR) is 110 cm³/mol. The summed E-state index contributed by atoms with van der Waals surface area (Å²) in [5, 5.41) is 19.1. The molecular weight excluding hydrogens is 453 g/mol. The van der Waals surface area contributed by atoms with E-state index in [1.165, 1.54) is 7.11 Å². The molecule has 0 saturated carbocycles. The van der Waals surface area contributed by atoms with Gasteiger partial charge >= 0.3 is 12.1 Å². The van der Waals surface area contributed by atoms with Gasteiger partial charge in [0.15, 0.2) is 0 Å². The number of aromatic carboxylic acids is 1. The molecule has 1 heterocycles. The quantitative estimate of drug-likeness (QED) is 0.589. The zero-order chi connectivity index (χ0) is 23.7. The number of methoxy groups -OCH3 is 1. The monoisotopic (exact) mass is 474 g/mol. The van der Waals surface area contributed by atoms with Crippen molar-refractivity contribution in [3.63, 3.8) is 0 Å². The van der Waals surface area contributed by atoms with Crippen LogP contribution in [0.3, 0.4) is 0 Å². The summed E-state index contributed by atoms with van der Waals surface area (Å²) >= 11 is 0. The summed E-state index contributed by atoms with van der Waals surface area (Å²) in [5.74, 6) is -1.56. The number of aliphatic hydroxyl groups excluding tert-OH is 1. The number of rotatable bonds is 6. The number of halogens is 3. The number of nitrogens with zero attached hydrogens (tertiary/aromatic N) is 1. The molecule has 174 valence electrons. The van der Waals surface area contributed by atoms with Crippen molar-refractivity contribution in [2.75, 3.05) is 29.8 Å². The minimum Gasteiger partial charge on any atom is -0.495 e. The first kappa shape index (κ1) is 23.7. The maximum atomic E-state index is 13.3. The Morgan fingerprint density at radius 3 is 2.53 bits per heavy atom.